The molecule has 0 saturated carbocycles. The molecule has 3 aromatic heterocycles. The highest BCUT2D eigenvalue weighted by atomic mass is 16.2. The van der Waals surface area contributed by atoms with E-state index < -0.39 is 11.2 Å². The molecule has 146 valence electrons. The molecule has 0 unspecified atom stereocenters. The van der Waals surface area contributed by atoms with Gasteiger partial charge in [0.2, 0.25) is 5.91 Å². The molecule has 0 radical (unpaired) electrons. The molecule has 1 N–H and O–H groups in total. The number of carbonyl (C=O) groups is 1. The minimum absolute atomic E-state index is 0.115. The molecule has 4 aromatic rings. The first-order chi connectivity index (χ1) is 14.0. The van der Waals surface area contributed by atoms with Crippen molar-refractivity contribution in [2.45, 2.75) is 6.54 Å². The molecule has 29 heavy (non-hydrogen) atoms. The second-order valence-corrected chi connectivity index (χ2v) is 6.48. The van der Waals surface area contributed by atoms with Crippen LogP contribution in [0.1, 0.15) is 0 Å². The number of anilines is 1. The standard InChI is InChI=1S/C19H17N7O3/c1-24-17-16(18(28)25(2)19(24)29)26(11-20-17)10-15(27)22-13-7-5-12(6-8-13)14-4-3-9-21-23-14/h3-9,11H,10H2,1-2H3,(H,22,27). The summed E-state index contributed by atoms with van der Waals surface area (Å²) in [5.41, 5.74) is 1.68. The highest BCUT2D eigenvalue weighted by molar-refractivity contribution is 5.91. The van der Waals surface area contributed by atoms with Gasteiger partial charge in [-0.3, -0.25) is 18.7 Å². The van der Waals surface area contributed by atoms with E-state index in [9.17, 15) is 14.4 Å². The van der Waals surface area contributed by atoms with E-state index in [1.165, 1.54) is 29.6 Å². The largest absolute Gasteiger partial charge is 0.332 e. The summed E-state index contributed by atoms with van der Waals surface area (Å²) >= 11 is 0. The van der Waals surface area contributed by atoms with Crippen LogP contribution in [0, 0.1) is 0 Å². The van der Waals surface area contributed by atoms with Gasteiger partial charge in [0, 0.05) is 31.5 Å². The smallest absolute Gasteiger partial charge is 0.325 e. The second kappa shape index (κ2) is 7.15. The van der Waals surface area contributed by atoms with E-state index in [1.54, 1.807) is 24.4 Å². The Morgan fingerprint density at radius 2 is 1.83 bits per heavy atom. The van der Waals surface area contributed by atoms with Crippen LogP contribution in [0.5, 0.6) is 0 Å². The molecule has 0 aliphatic carbocycles. The van der Waals surface area contributed by atoms with Crippen LogP contribution in [-0.2, 0) is 25.4 Å². The highest BCUT2D eigenvalue weighted by Crippen LogP contribution is 2.18. The highest BCUT2D eigenvalue weighted by Gasteiger charge is 2.16. The van der Waals surface area contributed by atoms with Gasteiger partial charge in [-0.2, -0.15) is 10.2 Å². The van der Waals surface area contributed by atoms with Crippen molar-refractivity contribution < 1.29 is 4.79 Å². The number of benzene rings is 1. The first kappa shape index (κ1) is 18.3. The molecule has 0 bridgehead atoms. The maximum atomic E-state index is 12.5. The average molecular weight is 391 g/mol. The molecule has 0 aliphatic heterocycles. The van der Waals surface area contributed by atoms with Crippen molar-refractivity contribution in [2.24, 2.45) is 14.1 Å². The molecule has 1 amide bonds. The summed E-state index contributed by atoms with van der Waals surface area (Å²) in [6, 6.07) is 10.8. The normalized spacial score (nSPS) is 11.0. The van der Waals surface area contributed by atoms with Gasteiger partial charge >= 0.3 is 5.69 Å². The van der Waals surface area contributed by atoms with E-state index in [0.29, 0.717) is 5.69 Å². The number of imidazole rings is 1. The number of rotatable bonds is 4. The van der Waals surface area contributed by atoms with Gasteiger partial charge in [0.25, 0.3) is 5.56 Å². The Hall–Kier alpha value is -4.08. The topological polar surface area (TPSA) is 117 Å². The van der Waals surface area contributed by atoms with Crippen LogP contribution in [0.3, 0.4) is 0 Å². The van der Waals surface area contributed by atoms with Gasteiger partial charge in [-0.15, -0.1) is 0 Å². The molecular weight excluding hydrogens is 374 g/mol. The third-order valence-electron chi connectivity index (χ3n) is 4.57. The zero-order valence-electron chi connectivity index (χ0n) is 15.7. The Labute approximate surface area is 164 Å². The summed E-state index contributed by atoms with van der Waals surface area (Å²) in [6.07, 6.45) is 2.98. The molecule has 10 heteroatoms. The van der Waals surface area contributed by atoms with E-state index in [0.717, 1.165) is 15.8 Å². The van der Waals surface area contributed by atoms with Gasteiger partial charge in [0.1, 0.15) is 6.54 Å². The quantitative estimate of drug-likeness (QED) is 0.542. The zero-order valence-corrected chi connectivity index (χ0v) is 15.7. The number of aryl methyl sites for hydroxylation is 1. The van der Waals surface area contributed by atoms with Crippen molar-refractivity contribution in [3.05, 3.63) is 69.8 Å². The summed E-state index contributed by atoms with van der Waals surface area (Å²) < 4.78 is 3.69. The molecule has 0 atom stereocenters. The van der Waals surface area contributed by atoms with Gasteiger partial charge in [-0.05, 0) is 24.3 Å². The maximum absolute atomic E-state index is 12.5. The van der Waals surface area contributed by atoms with Crippen LogP contribution in [0.2, 0.25) is 0 Å². The lowest BCUT2D eigenvalue weighted by Gasteiger charge is -2.08. The number of nitrogens with zero attached hydrogens (tertiary/aromatic N) is 6. The van der Waals surface area contributed by atoms with Crippen LogP contribution in [-0.4, -0.2) is 34.8 Å². The summed E-state index contributed by atoms with van der Waals surface area (Å²) in [7, 11) is 2.92. The minimum Gasteiger partial charge on any atom is -0.325 e. The Kier molecular flexibility index (Phi) is 4.51. The van der Waals surface area contributed by atoms with Crippen molar-refractivity contribution in [1.29, 1.82) is 0 Å². The first-order valence-electron chi connectivity index (χ1n) is 8.74. The van der Waals surface area contributed by atoms with Crippen LogP contribution in [0.15, 0.2) is 58.5 Å². The van der Waals surface area contributed by atoms with E-state index in [4.69, 9.17) is 0 Å². The Balaban J connectivity index is 1.55. The Bertz CT molecular complexity index is 1320. The fourth-order valence-corrected chi connectivity index (χ4v) is 3.05. The predicted octanol–water partition coefficient (Wildman–Crippen LogP) is 0.529. The third-order valence-corrected chi connectivity index (χ3v) is 4.57. The lowest BCUT2D eigenvalue weighted by Crippen LogP contribution is -2.37. The molecule has 0 saturated heterocycles. The van der Waals surface area contributed by atoms with Crippen LogP contribution < -0.4 is 16.6 Å². The Morgan fingerprint density at radius 1 is 1.07 bits per heavy atom. The number of nitrogens with one attached hydrogen (secondary N) is 1. The van der Waals surface area contributed by atoms with Crippen molar-refractivity contribution in [3.8, 4) is 11.3 Å². The zero-order chi connectivity index (χ0) is 20.5. The summed E-state index contributed by atoms with van der Waals surface area (Å²) in [6.45, 7) is -0.115. The van der Waals surface area contributed by atoms with E-state index in [2.05, 4.69) is 20.5 Å². The molecule has 1 aromatic carbocycles. The number of fused-ring (bicyclic) bond motifs is 1. The maximum Gasteiger partial charge on any atom is 0.332 e. The van der Waals surface area contributed by atoms with Crippen molar-refractivity contribution >= 4 is 22.8 Å². The van der Waals surface area contributed by atoms with E-state index in [1.807, 2.05) is 18.2 Å². The molecule has 4 rings (SSSR count). The monoisotopic (exact) mass is 391 g/mol. The first-order valence-corrected chi connectivity index (χ1v) is 8.74. The van der Waals surface area contributed by atoms with E-state index in [-0.39, 0.29) is 23.6 Å². The van der Waals surface area contributed by atoms with Crippen molar-refractivity contribution in [3.63, 3.8) is 0 Å². The van der Waals surface area contributed by atoms with Gasteiger partial charge in [-0.1, -0.05) is 12.1 Å². The minimum atomic E-state index is -0.498. The van der Waals surface area contributed by atoms with Gasteiger partial charge in [-0.25, -0.2) is 9.78 Å². The molecule has 0 spiro atoms. The van der Waals surface area contributed by atoms with Crippen molar-refractivity contribution in [2.75, 3.05) is 5.32 Å². The molecule has 0 aliphatic rings. The number of hydrogen-bond acceptors (Lipinski definition) is 6. The predicted molar refractivity (Wildman–Crippen MR) is 106 cm³/mol. The van der Waals surface area contributed by atoms with Gasteiger partial charge < -0.3 is 9.88 Å². The lowest BCUT2D eigenvalue weighted by atomic mass is 10.1. The van der Waals surface area contributed by atoms with Crippen LogP contribution in [0.4, 0.5) is 5.69 Å². The van der Waals surface area contributed by atoms with Crippen LogP contribution in [0.25, 0.3) is 22.4 Å². The summed E-state index contributed by atoms with van der Waals surface area (Å²) in [4.78, 5) is 41.0. The van der Waals surface area contributed by atoms with E-state index >= 15 is 0 Å². The average Bonchev–Trinajstić information content (AvgIpc) is 3.15. The van der Waals surface area contributed by atoms with Crippen molar-refractivity contribution in [1.82, 2.24) is 28.9 Å². The summed E-state index contributed by atoms with van der Waals surface area (Å²) in [5, 5.41) is 10.7. The SMILES string of the molecule is Cn1c(=O)c2c(ncn2CC(=O)Nc2ccc(-c3cccnn3)cc2)n(C)c1=O. The fourth-order valence-electron chi connectivity index (χ4n) is 3.05. The summed E-state index contributed by atoms with van der Waals surface area (Å²) in [5.74, 6) is -0.326. The molecule has 3 heterocycles. The lowest BCUT2D eigenvalue weighted by molar-refractivity contribution is -0.116. The third kappa shape index (κ3) is 3.31. The van der Waals surface area contributed by atoms with Crippen LogP contribution >= 0.6 is 0 Å². The number of aromatic nitrogens is 6. The fraction of sp³-hybridized carbons (Fsp3) is 0.158. The van der Waals surface area contributed by atoms with Gasteiger partial charge in [0.15, 0.2) is 11.2 Å². The Morgan fingerprint density at radius 3 is 2.52 bits per heavy atom. The molecule has 10 nitrogen and oxygen atoms in total. The molecule has 0 fully saturated rings. The second-order valence-electron chi connectivity index (χ2n) is 6.48. The number of hydrogen-bond donors (Lipinski definition) is 1. The number of carbonyl (C=O) groups excluding carboxylic acids is 1. The molecular formula is C19H17N7O3. The van der Waals surface area contributed by atoms with Gasteiger partial charge in [0.05, 0.1) is 12.0 Å². The number of amides is 1.